The Morgan fingerprint density at radius 3 is 2.46 bits per heavy atom. The summed E-state index contributed by atoms with van der Waals surface area (Å²) in [5, 5.41) is 5.67. The van der Waals surface area contributed by atoms with Gasteiger partial charge in [-0.05, 0) is 36.5 Å². The first-order valence-electron chi connectivity index (χ1n) is 7.07. The number of para-hydroxylation sites is 3. The minimum absolute atomic E-state index is 0.00961. The maximum absolute atomic E-state index is 13.5. The standard InChI is InChI=1S/C16H17FN4O2S/c1-23-14-9-5-4-8-13(14)18-10-15(22)20-21-16(24)19-12-7-3-2-6-11(12)17/h2-9,18H,10H2,1H3,(H,20,22)(H2,19,21,24). The van der Waals surface area contributed by atoms with Crippen molar-refractivity contribution in [3.05, 3.63) is 54.3 Å². The van der Waals surface area contributed by atoms with Crippen molar-refractivity contribution >= 4 is 34.6 Å². The summed E-state index contributed by atoms with van der Waals surface area (Å²) in [5.74, 6) is -0.153. The number of amides is 1. The van der Waals surface area contributed by atoms with Crippen LogP contribution in [0.15, 0.2) is 48.5 Å². The Kier molecular flexibility index (Phi) is 6.32. The highest BCUT2D eigenvalue weighted by atomic mass is 32.1. The molecule has 8 heteroatoms. The van der Waals surface area contributed by atoms with Crippen LogP contribution in [0.5, 0.6) is 5.75 Å². The van der Waals surface area contributed by atoms with Crippen LogP contribution in [-0.2, 0) is 4.79 Å². The molecule has 2 aromatic rings. The van der Waals surface area contributed by atoms with Crippen LogP contribution in [0.25, 0.3) is 0 Å². The van der Waals surface area contributed by atoms with Gasteiger partial charge in [-0.3, -0.25) is 15.6 Å². The number of anilines is 2. The van der Waals surface area contributed by atoms with Crippen molar-refractivity contribution in [2.24, 2.45) is 0 Å². The minimum atomic E-state index is -0.439. The maximum Gasteiger partial charge on any atom is 0.257 e. The molecule has 6 nitrogen and oxygen atoms in total. The average molecular weight is 348 g/mol. The van der Waals surface area contributed by atoms with Crippen LogP contribution in [0, 0.1) is 5.82 Å². The molecule has 126 valence electrons. The molecule has 0 saturated heterocycles. The van der Waals surface area contributed by atoms with Crippen molar-refractivity contribution in [2.75, 3.05) is 24.3 Å². The van der Waals surface area contributed by atoms with E-state index in [2.05, 4.69) is 21.5 Å². The van der Waals surface area contributed by atoms with Gasteiger partial charge in [-0.1, -0.05) is 24.3 Å². The largest absolute Gasteiger partial charge is 0.495 e. The van der Waals surface area contributed by atoms with Crippen molar-refractivity contribution in [3.8, 4) is 5.75 Å². The fraction of sp³-hybridized carbons (Fsp3) is 0.125. The van der Waals surface area contributed by atoms with E-state index in [9.17, 15) is 9.18 Å². The molecule has 24 heavy (non-hydrogen) atoms. The number of hydrogen-bond acceptors (Lipinski definition) is 4. The Morgan fingerprint density at radius 2 is 1.75 bits per heavy atom. The molecule has 0 radical (unpaired) electrons. The minimum Gasteiger partial charge on any atom is -0.495 e. The van der Waals surface area contributed by atoms with Crippen LogP contribution in [0.2, 0.25) is 0 Å². The quantitative estimate of drug-likeness (QED) is 0.491. The second kappa shape index (κ2) is 8.68. The van der Waals surface area contributed by atoms with E-state index in [0.29, 0.717) is 11.4 Å². The lowest BCUT2D eigenvalue weighted by Gasteiger charge is -2.13. The van der Waals surface area contributed by atoms with Gasteiger partial charge in [0.1, 0.15) is 11.6 Å². The lowest BCUT2D eigenvalue weighted by molar-refractivity contribution is -0.119. The van der Waals surface area contributed by atoms with Gasteiger partial charge in [0, 0.05) is 0 Å². The summed E-state index contributed by atoms with van der Waals surface area (Å²) >= 11 is 4.99. The van der Waals surface area contributed by atoms with Crippen LogP contribution in [-0.4, -0.2) is 24.7 Å². The summed E-state index contributed by atoms with van der Waals surface area (Å²) < 4.78 is 18.6. The number of hydrazine groups is 1. The van der Waals surface area contributed by atoms with E-state index >= 15 is 0 Å². The summed E-state index contributed by atoms with van der Waals surface area (Å²) in [4.78, 5) is 11.8. The number of hydrogen-bond donors (Lipinski definition) is 4. The highest BCUT2D eigenvalue weighted by molar-refractivity contribution is 7.80. The van der Waals surface area contributed by atoms with Gasteiger partial charge in [0.05, 0.1) is 25.0 Å². The number of methoxy groups -OCH3 is 1. The monoisotopic (exact) mass is 348 g/mol. The lowest BCUT2D eigenvalue weighted by atomic mass is 10.3. The normalized spacial score (nSPS) is 9.75. The van der Waals surface area contributed by atoms with Crippen molar-refractivity contribution < 1.29 is 13.9 Å². The van der Waals surface area contributed by atoms with Crippen LogP contribution in [0.3, 0.4) is 0 Å². The summed E-state index contributed by atoms with van der Waals surface area (Å²) in [6, 6.07) is 13.3. The molecular formula is C16H17FN4O2S. The highest BCUT2D eigenvalue weighted by Gasteiger charge is 2.06. The SMILES string of the molecule is COc1ccccc1NCC(=O)NNC(=S)Nc1ccccc1F. The number of carbonyl (C=O) groups is 1. The summed E-state index contributed by atoms with van der Waals surface area (Å²) in [6.45, 7) is 0.00961. The van der Waals surface area contributed by atoms with E-state index < -0.39 is 5.82 Å². The first-order chi connectivity index (χ1) is 11.6. The van der Waals surface area contributed by atoms with Crippen molar-refractivity contribution in [2.45, 2.75) is 0 Å². The second-order valence-electron chi connectivity index (χ2n) is 4.66. The molecule has 0 aliphatic rings. The zero-order valence-corrected chi connectivity index (χ0v) is 13.7. The third-order valence-electron chi connectivity index (χ3n) is 2.98. The molecule has 1 amide bonds. The van der Waals surface area contributed by atoms with Crippen LogP contribution in [0.1, 0.15) is 0 Å². The molecule has 0 aliphatic carbocycles. The zero-order valence-electron chi connectivity index (χ0n) is 12.9. The summed E-state index contributed by atoms with van der Waals surface area (Å²) in [7, 11) is 1.55. The van der Waals surface area contributed by atoms with E-state index in [1.807, 2.05) is 12.1 Å². The predicted octanol–water partition coefficient (Wildman–Crippen LogP) is 2.26. The molecule has 0 atom stereocenters. The van der Waals surface area contributed by atoms with E-state index in [-0.39, 0.29) is 23.3 Å². The number of carbonyl (C=O) groups excluding carboxylic acids is 1. The summed E-state index contributed by atoms with van der Waals surface area (Å²) in [6.07, 6.45) is 0. The average Bonchev–Trinajstić information content (AvgIpc) is 2.60. The molecule has 0 unspecified atom stereocenters. The van der Waals surface area contributed by atoms with Gasteiger partial charge in [0.15, 0.2) is 5.11 Å². The smallest absolute Gasteiger partial charge is 0.257 e. The van der Waals surface area contributed by atoms with Crippen molar-refractivity contribution in [3.63, 3.8) is 0 Å². The van der Waals surface area contributed by atoms with E-state index in [1.54, 1.807) is 31.4 Å². The molecular weight excluding hydrogens is 331 g/mol. The summed E-state index contributed by atoms with van der Waals surface area (Å²) in [5.41, 5.74) is 5.83. The number of rotatable bonds is 5. The molecule has 0 aliphatic heterocycles. The van der Waals surface area contributed by atoms with Gasteiger partial charge >= 0.3 is 0 Å². The number of thiocarbonyl (C=S) groups is 1. The molecule has 0 aromatic heterocycles. The Morgan fingerprint density at radius 1 is 1.08 bits per heavy atom. The van der Waals surface area contributed by atoms with E-state index in [4.69, 9.17) is 17.0 Å². The first kappa shape index (κ1) is 17.5. The van der Waals surface area contributed by atoms with Gasteiger partial charge in [-0.25, -0.2) is 4.39 Å². The molecule has 0 spiro atoms. The number of benzene rings is 2. The van der Waals surface area contributed by atoms with Crippen LogP contribution < -0.4 is 26.2 Å². The predicted molar refractivity (Wildman–Crippen MR) is 95.4 cm³/mol. The Balaban J connectivity index is 1.77. The first-order valence-corrected chi connectivity index (χ1v) is 7.48. The van der Waals surface area contributed by atoms with Crippen LogP contribution >= 0.6 is 12.2 Å². The third-order valence-corrected chi connectivity index (χ3v) is 3.19. The van der Waals surface area contributed by atoms with Crippen LogP contribution in [0.4, 0.5) is 15.8 Å². The fourth-order valence-corrected chi connectivity index (χ4v) is 2.01. The van der Waals surface area contributed by atoms with Gasteiger partial charge < -0.3 is 15.4 Å². The van der Waals surface area contributed by atoms with Gasteiger partial charge in [-0.15, -0.1) is 0 Å². The topological polar surface area (TPSA) is 74.4 Å². The number of nitrogens with one attached hydrogen (secondary N) is 4. The lowest BCUT2D eigenvalue weighted by Crippen LogP contribution is -2.46. The molecule has 2 aromatic carbocycles. The van der Waals surface area contributed by atoms with Gasteiger partial charge in [-0.2, -0.15) is 0 Å². The van der Waals surface area contributed by atoms with Gasteiger partial charge in [0.2, 0.25) is 0 Å². The zero-order chi connectivity index (χ0) is 17.4. The maximum atomic E-state index is 13.5. The molecule has 2 rings (SSSR count). The van der Waals surface area contributed by atoms with Crippen molar-refractivity contribution in [1.82, 2.24) is 10.9 Å². The Bertz CT molecular complexity index is 727. The highest BCUT2D eigenvalue weighted by Crippen LogP contribution is 2.22. The van der Waals surface area contributed by atoms with Gasteiger partial charge in [0.25, 0.3) is 5.91 Å². The molecule has 0 saturated carbocycles. The van der Waals surface area contributed by atoms with E-state index in [0.717, 1.165) is 0 Å². The fourth-order valence-electron chi connectivity index (χ4n) is 1.85. The molecule has 0 bridgehead atoms. The Labute approximate surface area is 144 Å². The Hall–Kier alpha value is -2.87. The third kappa shape index (κ3) is 5.10. The second-order valence-corrected chi connectivity index (χ2v) is 5.07. The number of halogens is 1. The molecule has 0 fully saturated rings. The van der Waals surface area contributed by atoms with Crippen molar-refractivity contribution in [1.29, 1.82) is 0 Å². The molecule has 4 N–H and O–H groups in total. The van der Waals surface area contributed by atoms with E-state index in [1.165, 1.54) is 12.1 Å². The molecule has 0 heterocycles. The number of ether oxygens (including phenoxy) is 1.